The summed E-state index contributed by atoms with van der Waals surface area (Å²) in [5.41, 5.74) is 5.21. The van der Waals surface area contributed by atoms with Gasteiger partial charge in [-0.2, -0.15) is 0 Å². The van der Waals surface area contributed by atoms with Crippen LogP contribution in [0.1, 0.15) is 45.4 Å². The molecule has 0 aromatic rings. The molecule has 90 valence electrons. The Hall–Kier alpha value is -0.610. The van der Waals surface area contributed by atoms with E-state index in [9.17, 15) is 9.90 Å². The van der Waals surface area contributed by atoms with E-state index in [0.29, 0.717) is 13.2 Å². The van der Waals surface area contributed by atoms with E-state index in [1.54, 1.807) is 0 Å². The van der Waals surface area contributed by atoms with Gasteiger partial charge in [0.2, 0.25) is 0 Å². The maximum Gasteiger partial charge on any atom is 0.335 e. The van der Waals surface area contributed by atoms with Gasteiger partial charge in [0.25, 0.3) is 0 Å². The zero-order valence-electron chi connectivity index (χ0n) is 9.58. The highest BCUT2D eigenvalue weighted by Gasteiger charge is 2.14. The molecule has 0 saturated heterocycles. The maximum absolute atomic E-state index is 11.1. The number of carbonyl (C=O) groups is 1. The number of nitrogens with two attached hydrogens (primary N) is 1. The number of esters is 1. The fourth-order valence-corrected chi connectivity index (χ4v) is 1.25. The van der Waals surface area contributed by atoms with Gasteiger partial charge in [-0.3, -0.25) is 0 Å². The Morgan fingerprint density at radius 2 is 2.00 bits per heavy atom. The summed E-state index contributed by atoms with van der Waals surface area (Å²) in [7, 11) is 0. The van der Waals surface area contributed by atoms with Gasteiger partial charge in [0.15, 0.2) is 6.10 Å². The summed E-state index contributed by atoms with van der Waals surface area (Å²) in [6.45, 7) is 2.86. The molecule has 4 heteroatoms. The summed E-state index contributed by atoms with van der Waals surface area (Å²) in [5.74, 6) is -0.545. The van der Waals surface area contributed by atoms with E-state index in [1.807, 2.05) is 0 Å². The predicted octanol–water partition coefficient (Wildman–Crippen LogP) is 1.21. The number of aliphatic hydroxyl groups is 1. The second-order valence-corrected chi connectivity index (χ2v) is 3.67. The molecule has 0 aliphatic rings. The summed E-state index contributed by atoms with van der Waals surface area (Å²) in [6.07, 6.45) is 4.78. The van der Waals surface area contributed by atoms with Crippen LogP contribution in [0.2, 0.25) is 0 Å². The largest absolute Gasteiger partial charge is 0.464 e. The van der Waals surface area contributed by atoms with Crippen LogP contribution in [-0.2, 0) is 9.53 Å². The van der Waals surface area contributed by atoms with E-state index in [-0.39, 0.29) is 6.42 Å². The van der Waals surface area contributed by atoms with Gasteiger partial charge < -0.3 is 15.6 Å². The monoisotopic (exact) mass is 217 g/mol. The summed E-state index contributed by atoms with van der Waals surface area (Å²) >= 11 is 0. The third kappa shape index (κ3) is 8.39. The summed E-state index contributed by atoms with van der Waals surface area (Å²) in [5, 5.41) is 9.20. The van der Waals surface area contributed by atoms with Crippen molar-refractivity contribution in [3.05, 3.63) is 0 Å². The number of unbranched alkanes of at least 4 members (excludes halogenated alkanes) is 4. The Kier molecular flexibility index (Phi) is 9.52. The van der Waals surface area contributed by atoms with Gasteiger partial charge in [-0.1, -0.05) is 32.6 Å². The van der Waals surface area contributed by atoms with Gasteiger partial charge in [-0.05, 0) is 19.4 Å². The first-order valence-corrected chi connectivity index (χ1v) is 5.77. The normalized spacial score (nSPS) is 12.5. The van der Waals surface area contributed by atoms with Crippen LogP contribution >= 0.6 is 0 Å². The third-order valence-corrected chi connectivity index (χ3v) is 2.20. The van der Waals surface area contributed by atoms with Crippen LogP contribution in [0.15, 0.2) is 0 Å². The van der Waals surface area contributed by atoms with Crippen molar-refractivity contribution < 1.29 is 14.6 Å². The highest BCUT2D eigenvalue weighted by Crippen LogP contribution is 2.03. The zero-order chi connectivity index (χ0) is 11.5. The minimum absolute atomic E-state index is 0.272. The Labute approximate surface area is 91.8 Å². The second kappa shape index (κ2) is 9.93. The van der Waals surface area contributed by atoms with E-state index >= 15 is 0 Å². The van der Waals surface area contributed by atoms with E-state index < -0.39 is 12.1 Å². The van der Waals surface area contributed by atoms with Crippen LogP contribution < -0.4 is 5.73 Å². The predicted molar refractivity (Wildman–Crippen MR) is 59.4 cm³/mol. The molecule has 0 aliphatic heterocycles. The van der Waals surface area contributed by atoms with Crippen molar-refractivity contribution in [1.29, 1.82) is 0 Å². The lowest BCUT2D eigenvalue weighted by molar-refractivity contribution is -0.153. The number of hydrogen-bond donors (Lipinski definition) is 2. The molecule has 0 aromatic carbocycles. The number of ether oxygens (including phenoxy) is 1. The van der Waals surface area contributed by atoms with Gasteiger partial charge >= 0.3 is 5.97 Å². The topological polar surface area (TPSA) is 72.5 Å². The third-order valence-electron chi connectivity index (χ3n) is 2.20. The Morgan fingerprint density at radius 1 is 1.33 bits per heavy atom. The molecule has 4 nitrogen and oxygen atoms in total. The van der Waals surface area contributed by atoms with Crippen molar-refractivity contribution in [2.45, 2.75) is 51.6 Å². The molecule has 1 unspecified atom stereocenters. The molecule has 0 rings (SSSR count). The van der Waals surface area contributed by atoms with E-state index in [1.165, 1.54) is 19.3 Å². The van der Waals surface area contributed by atoms with Crippen molar-refractivity contribution in [1.82, 2.24) is 0 Å². The first kappa shape index (κ1) is 14.4. The minimum atomic E-state index is -1.05. The first-order chi connectivity index (χ1) is 7.22. The number of rotatable bonds is 9. The number of hydrogen-bond acceptors (Lipinski definition) is 4. The van der Waals surface area contributed by atoms with Crippen molar-refractivity contribution in [2.75, 3.05) is 13.2 Å². The van der Waals surface area contributed by atoms with Gasteiger partial charge in [-0.25, -0.2) is 4.79 Å². The fraction of sp³-hybridized carbons (Fsp3) is 0.909. The highest BCUT2D eigenvalue weighted by atomic mass is 16.5. The molecule has 1 atom stereocenters. The molecule has 0 aromatic heterocycles. The molecule has 0 radical (unpaired) electrons. The lowest BCUT2D eigenvalue weighted by atomic mass is 10.2. The van der Waals surface area contributed by atoms with Gasteiger partial charge in [0, 0.05) is 0 Å². The van der Waals surface area contributed by atoms with Crippen molar-refractivity contribution in [2.24, 2.45) is 5.73 Å². The molecular formula is C11H23NO3. The van der Waals surface area contributed by atoms with Gasteiger partial charge in [0.1, 0.15) is 0 Å². The standard InChI is InChI=1S/C11H23NO3/c1-2-3-4-5-6-9-15-11(14)10(13)7-8-12/h10,13H,2-9,12H2,1H3. The van der Waals surface area contributed by atoms with Crippen LogP contribution in [0.25, 0.3) is 0 Å². The molecule has 0 bridgehead atoms. The van der Waals surface area contributed by atoms with E-state index in [4.69, 9.17) is 10.5 Å². The lowest BCUT2D eigenvalue weighted by Crippen LogP contribution is -2.26. The van der Waals surface area contributed by atoms with Gasteiger partial charge in [0.05, 0.1) is 6.61 Å². The average Bonchev–Trinajstić information content (AvgIpc) is 2.23. The molecule has 0 fully saturated rings. The zero-order valence-corrected chi connectivity index (χ0v) is 9.58. The Morgan fingerprint density at radius 3 is 2.60 bits per heavy atom. The summed E-state index contributed by atoms with van der Waals surface area (Å²) < 4.78 is 4.89. The van der Waals surface area contributed by atoms with E-state index in [2.05, 4.69) is 6.92 Å². The molecule has 0 saturated carbocycles. The second-order valence-electron chi connectivity index (χ2n) is 3.67. The van der Waals surface area contributed by atoms with Crippen LogP contribution in [0.3, 0.4) is 0 Å². The van der Waals surface area contributed by atoms with Crippen molar-refractivity contribution in [3.63, 3.8) is 0 Å². The maximum atomic E-state index is 11.1. The summed E-state index contributed by atoms with van der Waals surface area (Å²) in [4.78, 5) is 11.1. The summed E-state index contributed by atoms with van der Waals surface area (Å²) in [6, 6.07) is 0. The molecule has 0 spiro atoms. The number of carbonyl (C=O) groups excluding carboxylic acids is 1. The Bertz CT molecular complexity index is 162. The quantitative estimate of drug-likeness (QED) is 0.450. The van der Waals surface area contributed by atoms with E-state index in [0.717, 1.165) is 12.8 Å². The van der Waals surface area contributed by atoms with Crippen LogP contribution in [0, 0.1) is 0 Å². The smallest absolute Gasteiger partial charge is 0.335 e. The minimum Gasteiger partial charge on any atom is -0.464 e. The molecule has 0 aliphatic carbocycles. The van der Waals surface area contributed by atoms with Crippen LogP contribution in [0.4, 0.5) is 0 Å². The molecular weight excluding hydrogens is 194 g/mol. The number of aliphatic hydroxyl groups excluding tert-OH is 1. The highest BCUT2D eigenvalue weighted by molar-refractivity contribution is 5.74. The average molecular weight is 217 g/mol. The Balaban J connectivity index is 3.30. The van der Waals surface area contributed by atoms with Crippen LogP contribution in [0.5, 0.6) is 0 Å². The van der Waals surface area contributed by atoms with Gasteiger partial charge in [-0.15, -0.1) is 0 Å². The first-order valence-electron chi connectivity index (χ1n) is 5.77. The SMILES string of the molecule is CCCCCCCOC(=O)C(O)CCN. The van der Waals surface area contributed by atoms with Crippen molar-refractivity contribution >= 4 is 5.97 Å². The van der Waals surface area contributed by atoms with Crippen LogP contribution in [-0.4, -0.2) is 30.3 Å². The fourth-order valence-electron chi connectivity index (χ4n) is 1.25. The molecule has 15 heavy (non-hydrogen) atoms. The van der Waals surface area contributed by atoms with Crippen molar-refractivity contribution in [3.8, 4) is 0 Å². The lowest BCUT2D eigenvalue weighted by Gasteiger charge is -2.09. The molecule has 3 N–H and O–H groups in total. The molecule has 0 heterocycles. The molecule has 0 amide bonds.